The normalized spacial score (nSPS) is 11.4. The third-order valence-electron chi connectivity index (χ3n) is 2.49. The quantitative estimate of drug-likeness (QED) is 0.680. The summed E-state index contributed by atoms with van der Waals surface area (Å²) in [7, 11) is 0. The molecule has 0 fully saturated rings. The average molecular weight is 264 g/mol. The third-order valence-corrected chi connectivity index (χ3v) is 2.49. The van der Waals surface area contributed by atoms with Crippen LogP contribution < -0.4 is 10.6 Å². The van der Waals surface area contributed by atoms with Crippen LogP contribution in [0.3, 0.4) is 0 Å². The van der Waals surface area contributed by atoms with Crippen molar-refractivity contribution in [3.05, 3.63) is 23.7 Å². The van der Waals surface area contributed by atoms with Gasteiger partial charge in [0.1, 0.15) is 5.76 Å². The number of aromatic carboxylic acids is 1. The van der Waals surface area contributed by atoms with E-state index in [1.165, 1.54) is 12.1 Å². The Morgan fingerprint density at radius 3 is 2.79 bits per heavy atom. The van der Waals surface area contributed by atoms with Gasteiger partial charge in [-0.2, -0.15) is 0 Å². The Kier molecular flexibility index (Phi) is 5.48. The zero-order chi connectivity index (χ0) is 14.3. The number of carbonyl (C=O) groups is 2. The molecular formula is C13H16N2O4. The summed E-state index contributed by atoms with van der Waals surface area (Å²) in [6.07, 6.45) is 6.39. The highest BCUT2D eigenvalue weighted by Gasteiger charge is 2.11. The number of hydrogen-bond acceptors (Lipinski definition) is 3. The van der Waals surface area contributed by atoms with E-state index in [4.69, 9.17) is 15.9 Å². The maximum atomic E-state index is 11.6. The van der Waals surface area contributed by atoms with Crippen LogP contribution in [-0.4, -0.2) is 23.1 Å². The minimum atomic E-state index is -1.14. The number of carbonyl (C=O) groups excluding carboxylic acids is 1. The number of rotatable bonds is 6. The van der Waals surface area contributed by atoms with Gasteiger partial charge in [-0.15, -0.1) is 12.3 Å². The molecule has 0 aliphatic rings. The molecule has 6 heteroatoms. The molecule has 0 saturated carbocycles. The van der Waals surface area contributed by atoms with Crippen molar-refractivity contribution in [1.29, 1.82) is 0 Å². The SMILES string of the molecule is C#CCC(CC)NC(=O)NCc1ccc(C(=O)O)o1. The van der Waals surface area contributed by atoms with Crippen LogP contribution >= 0.6 is 0 Å². The molecule has 1 aromatic heterocycles. The van der Waals surface area contributed by atoms with Crippen molar-refractivity contribution in [3.8, 4) is 12.3 Å². The lowest BCUT2D eigenvalue weighted by Gasteiger charge is -2.14. The Morgan fingerprint density at radius 2 is 2.26 bits per heavy atom. The fourth-order valence-corrected chi connectivity index (χ4v) is 1.43. The summed E-state index contributed by atoms with van der Waals surface area (Å²) in [6, 6.07) is 2.40. The number of carboxylic acid groups (broad SMARTS) is 1. The zero-order valence-corrected chi connectivity index (χ0v) is 10.6. The Labute approximate surface area is 111 Å². The Hall–Kier alpha value is -2.42. The maximum absolute atomic E-state index is 11.6. The van der Waals surface area contributed by atoms with E-state index in [0.717, 1.165) is 6.42 Å². The first-order valence-corrected chi connectivity index (χ1v) is 5.86. The second kappa shape index (κ2) is 7.11. The van der Waals surface area contributed by atoms with E-state index in [-0.39, 0.29) is 24.4 Å². The summed E-state index contributed by atoms with van der Waals surface area (Å²) in [5, 5.41) is 14.0. The van der Waals surface area contributed by atoms with Gasteiger partial charge in [0.25, 0.3) is 0 Å². The van der Waals surface area contributed by atoms with Gasteiger partial charge in [0.2, 0.25) is 5.76 Å². The van der Waals surface area contributed by atoms with E-state index < -0.39 is 5.97 Å². The fraction of sp³-hybridized carbons (Fsp3) is 0.385. The van der Waals surface area contributed by atoms with E-state index in [1.54, 1.807) is 0 Å². The number of amides is 2. The first-order valence-electron chi connectivity index (χ1n) is 5.86. The van der Waals surface area contributed by atoms with Crippen LogP contribution in [0.15, 0.2) is 16.5 Å². The van der Waals surface area contributed by atoms with Crippen molar-refractivity contribution in [2.24, 2.45) is 0 Å². The lowest BCUT2D eigenvalue weighted by Crippen LogP contribution is -2.41. The second-order valence-corrected chi connectivity index (χ2v) is 3.91. The van der Waals surface area contributed by atoms with Gasteiger partial charge in [-0.05, 0) is 18.6 Å². The van der Waals surface area contributed by atoms with E-state index in [9.17, 15) is 9.59 Å². The Bertz CT molecular complexity index is 487. The zero-order valence-electron chi connectivity index (χ0n) is 10.6. The fourth-order valence-electron chi connectivity index (χ4n) is 1.43. The Morgan fingerprint density at radius 1 is 1.53 bits per heavy atom. The molecule has 0 spiro atoms. The topological polar surface area (TPSA) is 91.6 Å². The summed E-state index contributed by atoms with van der Waals surface area (Å²) in [4.78, 5) is 22.1. The number of terminal acetylenes is 1. The van der Waals surface area contributed by atoms with Gasteiger partial charge in [-0.1, -0.05) is 6.92 Å². The molecular weight excluding hydrogens is 248 g/mol. The van der Waals surface area contributed by atoms with Crippen molar-refractivity contribution in [1.82, 2.24) is 10.6 Å². The summed E-state index contributed by atoms with van der Waals surface area (Å²) in [5.74, 6) is 1.56. The minimum absolute atomic E-state index is 0.0730. The largest absolute Gasteiger partial charge is 0.475 e. The number of carboxylic acids is 1. The van der Waals surface area contributed by atoms with E-state index in [0.29, 0.717) is 12.2 Å². The van der Waals surface area contributed by atoms with Crippen LogP contribution in [0.2, 0.25) is 0 Å². The molecule has 0 bridgehead atoms. The highest BCUT2D eigenvalue weighted by molar-refractivity contribution is 5.84. The molecule has 0 aliphatic heterocycles. The van der Waals surface area contributed by atoms with Crippen molar-refractivity contribution >= 4 is 12.0 Å². The van der Waals surface area contributed by atoms with Crippen LogP contribution in [0.1, 0.15) is 36.1 Å². The first-order chi connectivity index (χ1) is 9.06. The monoisotopic (exact) mass is 264 g/mol. The highest BCUT2D eigenvalue weighted by Crippen LogP contribution is 2.07. The van der Waals surface area contributed by atoms with E-state index >= 15 is 0 Å². The molecule has 1 unspecified atom stereocenters. The molecule has 1 heterocycles. The van der Waals surface area contributed by atoms with Crippen molar-refractivity contribution < 1.29 is 19.1 Å². The minimum Gasteiger partial charge on any atom is -0.475 e. The lowest BCUT2D eigenvalue weighted by molar-refractivity contribution is 0.0660. The van der Waals surface area contributed by atoms with Gasteiger partial charge in [0.05, 0.1) is 6.54 Å². The third kappa shape index (κ3) is 4.76. The van der Waals surface area contributed by atoms with Crippen LogP contribution in [0, 0.1) is 12.3 Å². The number of furan rings is 1. The molecule has 2 amide bonds. The van der Waals surface area contributed by atoms with Gasteiger partial charge >= 0.3 is 12.0 Å². The summed E-state index contributed by atoms with van der Waals surface area (Å²) in [5.41, 5.74) is 0. The van der Waals surface area contributed by atoms with Gasteiger partial charge < -0.3 is 20.2 Å². The van der Waals surface area contributed by atoms with Gasteiger partial charge in [0.15, 0.2) is 0 Å². The van der Waals surface area contributed by atoms with Gasteiger partial charge in [-0.3, -0.25) is 0 Å². The number of hydrogen-bond donors (Lipinski definition) is 3. The summed E-state index contributed by atoms with van der Waals surface area (Å²) in [6.45, 7) is 2.04. The van der Waals surface area contributed by atoms with Gasteiger partial charge in [0, 0.05) is 12.5 Å². The van der Waals surface area contributed by atoms with Crippen LogP contribution in [0.4, 0.5) is 4.79 Å². The Balaban J connectivity index is 2.41. The first kappa shape index (κ1) is 14.6. The van der Waals surface area contributed by atoms with Crippen molar-refractivity contribution in [2.45, 2.75) is 32.4 Å². The highest BCUT2D eigenvalue weighted by atomic mass is 16.4. The van der Waals surface area contributed by atoms with Crippen LogP contribution in [0.25, 0.3) is 0 Å². The van der Waals surface area contributed by atoms with Gasteiger partial charge in [-0.25, -0.2) is 9.59 Å². The molecule has 1 atom stereocenters. The molecule has 1 rings (SSSR count). The molecule has 1 aromatic rings. The van der Waals surface area contributed by atoms with E-state index in [2.05, 4.69) is 16.6 Å². The predicted molar refractivity (Wildman–Crippen MR) is 68.6 cm³/mol. The predicted octanol–water partition coefficient (Wildman–Crippen LogP) is 1.58. The summed E-state index contributed by atoms with van der Waals surface area (Å²) >= 11 is 0. The van der Waals surface area contributed by atoms with Crippen molar-refractivity contribution in [3.63, 3.8) is 0 Å². The molecule has 3 N–H and O–H groups in total. The van der Waals surface area contributed by atoms with Crippen molar-refractivity contribution in [2.75, 3.05) is 0 Å². The van der Waals surface area contributed by atoms with E-state index in [1.807, 2.05) is 6.92 Å². The molecule has 19 heavy (non-hydrogen) atoms. The molecule has 102 valence electrons. The number of nitrogens with one attached hydrogen (secondary N) is 2. The lowest BCUT2D eigenvalue weighted by atomic mass is 10.2. The average Bonchev–Trinajstić information content (AvgIpc) is 2.84. The molecule has 0 radical (unpaired) electrons. The second-order valence-electron chi connectivity index (χ2n) is 3.91. The van der Waals surface area contributed by atoms with Crippen LogP contribution in [0.5, 0.6) is 0 Å². The smallest absolute Gasteiger partial charge is 0.371 e. The molecule has 6 nitrogen and oxygen atoms in total. The molecule has 0 aliphatic carbocycles. The molecule has 0 aromatic carbocycles. The maximum Gasteiger partial charge on any atom is 0.371 e. The number of urea groups is 1. The van der Waals surface area contributed by atoms with Crippen LogP contribution in [-0.2, 0) is 6.54 Å². The molecule has 0 saturated heterocycles. The summed E-state index contributed by atoms with van der Waals surface area (Å²) < 4.78 is 5.00. The standard InChI is InChI=1S/C13H16N2O4/c1-3-5-9(4-2)15-13(18)14-8-10-6-7-11(19-10)12(16)17/h1,6-7,9H,4-5,8H2,2H3,(H,16,17)(H2,14,15,18).